The lowest BCUT2D eigenvalue weighted by Crippen LogP contribution is -2.25. The van der Waals surface area contributed by atoms with E-state index >= 15 is 0 Å². The molecule has 4 nitrogen and oxygen atoms in total. The largest absolute Gasteiger partial charge is 0.398 e. The molecular weight excluding hydrogens is 298 g/mol. The van der Waals surface area contributed by atoms with E-state index in [2.05, 4.69) is 4.72 Å². The Kier molecular flexibility index (Phi) is 4.54. The number of hydrogen-bond acceptors (Lipinski definition) is 3. The fourth-order valence-electron chi connectivity index (χ4n) is 1.77. The summed E-state index contributed by atoms with van der Waals surface area (Å²) < 4.78 is 52.3. The summed E-state index contributed by atoms with van der Waals surface area (Å²) >= 11 is 0. The highest BCUT2D eigenvalue weighted by Gasteiger charge is 2.14. The molecule has 0 atom stereocenters. The van der Waals surface area contributed by atoms with Gasteiger partial charge in [-0.3, -0.25) is 0 Å². The van der Waals surface area contributed by atoms with Crippen molar-refractivity contribution < 1.29 is 17.2 Å². The van der Waals surface area contributed by atoms with Crippen LogP contribution in [-0.2, 0) is 22.3 Å². The van der Waals surface area contributed by atoms with Crippen molar-refractivity contribution in [3.05, 3.63) is 65.2 Å². The normalized spacial score (nSPS) is 11.5. The van der Waals surface area contributed by atoms with E-state index in [-0.39, 0.29) is 17.9 Å². The summed E-state index contributed by atoms with van der Waals surface area (Å²) in [4.78, 5) is 0. The summed E-state index contributed by atoms with van der Waals surface area (Å²) in [6, 6.07) is 9.57. The van der Waals surface area contributed by atoms with Crippen LogP contribution in [0.25, 0.3) is 0 Å². The zero-order valence-corrected chi connectivity index (χ0v) is 11.8. The van der Waals surface area contributed by atoms with Gasteiger partial charge in [0, 0.05) is 23.9 Å². The van der Waals surface area contributed by atoms with Crippen molar-refractivity contribution in [1.82, 2.24) is 4.72 Å². The second-order valence-corrected chi connectivity index (χ2v) is 6.32. The zero-order chi connectivity index (χ0) is 15.5. The standard InChI is InChI=1S/C14H14F2N2O2S/c15-12-6-5-10(13(16)7-12)8-18-21(19,20)9-11-3-1-2-4-14(11)17/h1-7,18H,8-9,17H2. The van der Waals surface area contributed by atoms with Gasteiger partial charge in [-0.05, 0) is 17.7 Å². The Bertz CT molecular complexity index is 748. The molecule has 0 heterocycles. The summed E-state index contributed by atoms with van der Waals surface area (Å²) in [5, 5.41) is 0. The highest BCUT2D eigenvalue weighted by molar-refractivity contribution is 7.88. The molecule has 0 saturated heterocycles. The maximum atomic E-state index is 13.4. The second kappa shape index (κ2) is 6.19. The number of hydrogen-bond donors (Lipinski definition) is 2. The monoisotopic (exact) mass is 312 g/mol. The Balaban J connectivity index is 2.06. The van der Waals surface area contributed by atoms with E-state index < -0.39 is 21.7 Å². The van der Waals surface area contributed by atoms with Gasteiger partial charge in [-0.25, -0.2) is 21.9 Å². The van der Waals surface area contributed by atoms with Crippen LogP contribution < -0.4 is 10.5 Å². The molecule has 0 saturated carbocycles. The summed E-state index contributed by atoms with van der Waals surface area (Å²) in [5.41, 5.74) is 6.59. The lowest BCUT2D eigenvalue weighted by atomic mass is 10.2. The van der Waals surface area contributed by atoms with Gasteiger partial charge in [0.25, 0.3) is 0 Å². The van der Waals surface area contributed by atoms with Gasteiger partial charge in [0.1, 0.15) is 11.6 Å². The van der Waals surface area contributed by atoms with Gasteiger partial charge < -0.3 is 5.73 Å². The maximum absolute atomic E-state index is 13.4. The van der Waals surface area contributed by atoms with Crippen LogP contribution in [0, 0.1) is 11.6 Å². The smallest absolute Gasteiger partial charge is 0.216 e. The predicted molar refractivity (Wildman–Crippen MR) is 76.7 cm³/mol. The molecule has 0 unspecified atom stereocenters. The average Bonchev–Trinajstić information content (AvgIpc) is 2.40. The third kappa shape index (κ3) is 4.24. The molecule has 0 fully saturated rings. The molecule has 0 spiro atoms. The fourth-order valence-corrected chi connectivity index (χ4v) is 2.92. The third-order valence-corrected chi connectivity index (χ3v) is 4.17. The summed E-state index contributed by atoms with van der Waals surface area (Å²) in [5.74, 6) is -1.81. The summed E-state index contributed by atoms with van der Waals surface area (Å²) in [6.45, 7) is -0.249. The molecule has 0 aliphatic carbocycles. The molecule has 3 N–H and O–H groups in total. The molecule has 21 heavy (non-hydrogen) atoms. The lowest BCUT2D eigenvalue weighted by Gasteiger charge is -2.09. The molecule has 112 valence electrons. The highest BCUT2D eigenvalue weighted by atomic mass is 32.2. The Hall–Kier alpha value is -1.99. The molecule has 0 aliphatic heterocycles. The minimum atomic E-state index is -3.67. The van der Waals surface area contributed by atoms with Crippen LogP contribution in [0.2, 0.25) is 0 Å². The Labute approximate surface area is 121 Å². The molecule has 2 rings (SSSR count). The number of benzene rings is 2. The quantitative estimate of drug-likeness (QED) is 0.831. The van der Waals surface area contributed by atoms with Gasteiger partial charge in [0.05, 0.1) is 5.75 Å². The van der Waals surface area contributed by atoms with Crippen molar-refractivity contribution in [2.75, 3.05) is 5.73 Å². The van der Waals surface area contributed by atoms with Gasteiger partial charge in [-0.1, -0.05) is 24.3 Å². The van der Waals surface area contributed by atoms with E-state index in [0.717, 1.165) is 6.07 Å². The average molecular weight is 312 g/mol. The molecule has 7 heteroatoms. The van der Waals surface area contributed by atoms with Crippen LogP contribution >= 0.6 is 0 Å². The van der Waals surface area contributed by atoms with Gasteiger partial charge in [0.2, 0.25) is 10.0 Å². The van der Waals surface area contributed by atoms with Crippen LogP contribution in [0.1, 0.15) is 11.1 Å². The number of para-hydroxylation sites is 1. The van der Waals surface area contributed by atoms with E-state index in [1.807, 2.05) is 0 Å². The first-order valence-electron chi connectivity index (χ1n) is 6.12. The Morgan fingerprint density at radius 3 is 2.43 bits per heavy atom. The summed E-state index contributed by atoms with van der Waals surface area (Å²) in [7, 11) is -3.67. The van der Waals surface area contributed by atoms with Crippen molar-refractivity contribution in [2.24, 2.45) is 0 Å². The topological polar surface area (TPSA) is 72.2 Å². The number of nitrogens with two attached hydrogens (primary N) is 1. The van der Waals surface area contributed by atoms with Crippen LogP contribution in [-0.4, -0.2) is 8.42 Å². The number of nitrogen functional groups attached to an aromatic ring is 1. The van der Waals surface area contributed by atoms with E-state index in [4.69, 9.17) is 5.73 Å². The number of halogens is 2. The Morgan fingerprint density at radius 1 is 1.05 bits per heavy atom. The van der Waals surface area contributed by atoms with Crippen LogP contribution in [0.15, 0.2) is 42.5 Å². The first kappa shape index (κ1) is 15.4. The SMILES string of the molecule is Nc1ccccc1CS(=O)(=O)NCc1ccc(F)cc1F. The Morgan fingerprint density at radius 2 is 1.76 bits per heavy atom. The van der Waals surface area contributed by atoms with Crippen molar-refractivity contribution in [2.45, 2.75) is 12.3 Å². The zero-order valence-electron chi connectivity index (χ0n) is 11.0. The molecule has 2 aromatic rings. The van der Waals surface area contributed by atoms with Crippen LogP contribution in [0.4, 0.5) is 14.5 Å². The minimum absolute atomic E-state index is 0.0704. The third-order valence-electron chi connectivity index (χ3n) is 2.90. The van der Waals surface area contributed by atoms with E-state index in [1.165, 1.54) is 6.07 Å². The molecule has 0 aromatic heterocycles. The number of nitrogens with one attached hydrogen (secondary N) is 1. The van der Waals surface area contributed by atoms with Crippen molar-refractivity contribution in [3.63, 3.8) is 0 Å². The van der Waals surface area contributed by atoms with E-state index in [1.54, 1.807) is 24.3 Å². The van der Waals surface area contributed by atoms with Crippen LogP contribution in [0.5, 0.6) is 0 Å². The predicted octanol–water partition coefficient (Wildman–Crippen LogP) is 2.17. The summed E-state index contributed by atoms with van der Waals surface area (Å²) in [6.07, 6.45) is 0. The highest BCUT2D eigenvalue weighted by Crippen LogP contribution is 2.14. The van der Waals surface area contributed by atoms with Crippen molar-refractivity contribution in [1.29, 1.82) is 0 Å². The van der Waals surface area contributed by atoms with Gasteiger partial charge in [-0.2, -0.15) is 0 Å². The van der Waals surface area contributed by atoms with E-state index in [0.29, 0.717) is 17.3 Å². The molecule has 0 aliphatic rings. The van der Waals surface area contributed by atoms with Gasteiger partial charge >= 0.3 is 0 Å². The van der Waals surface area contributed by atoms with Gasteiger partial charge in [-0.15, -0.1) is 0 Å². The lowest BCUT2D eigenvalue weighted by molar-refractivity contribution is 0.562. The molecule has 0 radical (unpaired) electrons. The number of rotatable bonds is 5. The van der Waals surface area contributed by atoms with Crippen molar-refractivity contribution in [3.8, 4) is 0 Å². The second-order valence-electron chi connectivity index (χ2n) is 4.51. The maximum Gasteiger partial charge on any atom is 0.216 e. The van der Waals surface area contributed by atoms with Crippen molar-refractivity contribution >= 4 is 15.7 Å². The fraction of sp³-hybridized carbons (Fsp3) is 0.143. The number of sulfonamides is 1. The molecular formula is C14H14F2N2O2S. The molecule has 2 aromatic carbocycles. The first-order chi connectivity index (χ1) is 9.87. The molecule has 0 amide bonds. The number of anilines is 1. The first-order valence-corrected chi connectivity index (χ1v) is 7.77. The van der Waals surface area contributed by atoms with Gasteiger partial charge in [0.15, 0.2) is 0 Å². The van der Waals surface area contributed by atoms with E-state index in [9.17, 15) is 17.2 Å². The van der Waals surface area contributed by atoms with Crippen LogP contribution in [0.3, 0.4) is 0 Å². The molecule has 0 bridgehead atoms. The minimum Gasteiger partial charge on any atom is -0.398 e.